The van der Waals surface area contributed by atoms with Crippen molar-refractivity contribution in [1.29, 1.82) is 0 Å². The van der Waals surface area contributed by atoms with Crippen LogP contribution in [0, 0.1) is 17.3 Å². The van der Waals surface area contributed by atoms with Crippen molar-refractivity contribution < 1.29 is 9.90 Å². The summed E-state index contributed by atoms with van der Waals surface area (Å²) in [4.78, 5) is 16.3. The molecular weight excluding hydrogens is 240 g/mol. The van der Waals surface area contributed by atoms with Crippen molar-refractivity contribution in [3.63, 3.8) is 0 Å². The van der Waals surface area contributed by atoms with Gasteiger partial charge >= 0.3 is 0 Å². The van der Waals surface area contributed by atoms with E-state index in [9.17, 15) is 4.79 Å². The van der Waals surface area contributed by atoms with E-state index < -0.39 is 0 Å². The molecule has 1 unspecified atom stereocenters. The summed E-state index contributed by atoms with van der Waals surface area (Å²) < 4.78 is 0. The maximum atomic E-state index is 12.1. The van der Waals surface area contributed by atoms with Crippen LogP contribution in [0.5, 0.6) is 0 Å². The highest BCUT2D eigenvalue weighted by Gasteiger charge is 2.46. The predicted octanol–water partition coefficient (Wildman–Crippen LogP) is 1.34. The molecule has 4 nitrogen and oxygen atoms in total. The van der Waals surface area contributed by atoms with Crippen LogP contribution < -0.4 is 5.32 Å². The normalized spacial score (nSPS) is 19.2. The van der Waals surface area contributed by atoms with Gasteiger partial charge in [-0.05, 0) is 24.0 Å². The molecule has 0 aliphatic heterocycles. The number of hydrogen-bond acceptors (Lipinski definition) is 3. The minimum absolute atomic E-state index is 0.0189. The number of carbonyl (C=O) groups excluding carboxylic acids is 1. The molecule has 2 rings (SSSR count). The van der Waals surface area contributed by atoms with Crippen molar-refractivity contribution >= 4 is 5.91 Å². The number of nitrogens with one attached hydrogen (secondary N) is 1. The average Bonchev–Trinajstić information content (AvgIpc) is 2.97. The van der Waals surface area contributed by atoms with E-state index in [4.69, 9.17) is 5.11 Å². The van der Waals surface area contributed by atoms with Crippen molar-refractivity contribution in [3.05, 3.63) is 29.6 Å². The van der Waals surface area contributed by atoms with Gasteiger partial charge in [0.15, 0.2) is 0 Å². The zero-order valence-corrected chi connectivity index (χ0v) is 11.2. The lowest BCUT2D eigenvalue weighted by atomic mass is 10.1. The molecule has 4 heteroatoms. The molecule has 0 aromatic carbocycles. The van der Waals surface area contributed by atoms with Crippen molar-refractivity contribution in [2.24, 2.45) is 5.41 Å². The Labute approximate surface area is 113 Å². The van der Waals surface area contributed by atoms with Crippen molar-refractivity contribution in [3.8, 4) is 11.8 Å². The van der Waals surface area contributed by atoms with Crippen LogP contribution in [0.15, 0.2) is 18.3 Å². The molecule has 0 spiro atoms. The first-order chi connectivity index (χ1) is 9.04. The topological polar surface area (TPSA) is 62.2 Å². The molecule has 0 bridgehead atoms. The minimum Gasteiger partial charge on any atom is -0.395 e. The molecule has 1 aromatic heterocycles. The molecule has 1 heterocycles. The minimum atomic E-state index is -0.176. The van der Waals surface area contributed by atoms with Crippen LogP contribution in [0.2, 0.25) is 0 Å². The van der Waals surface area contributed by atoms with Gasteiger partial charge in [-0.25, -0.2) is 4.98 Å². The van der Waals surface area contributed by atoms with E-state index in [2.05, 4.69) is 36.0 Å². The molecule has 1 atom stereocenters. The second-order valence-corrected chi connectivity index (χ2v) is 5.39. The number of pyridine rings is 1. The third-order valence-corrected chi connectivity index (χ3v) is 3.30. The fourth-order valence-corrected chi connectivity index (χ4v) is 1.84. The fraction of sp³-hybridized carbons (Fsp3) is 0.467. The molecular formula is C15H18N2O2. The molecule has 19 heavy (non-hydrogen) atoms. The predicted molar refractivity (Wildman–Crippen MR) is 72.5 cm³/mol. The summed E-state index contributed by atoms with van der Waals surface area (Å²) in [6.45, 7) is 4.27. The largest absolute Gasteiger partial charge is 0.395 e. The lowest BCUT2D eigenvalue weighted by Gasteiger charge is -2.07. The van der Waals surface area contributed by atoms with Gasteiger partial charge in [-0.2, -0.15) is 0 Å². The number of aliphatic hydroxyl groups is 1. The van der Waals surface area contributed by atoms with Gasteiger partial charge in [0.25, 0.3) is 5.91 Å². The number of hydrogen-bond donors (Lipinski definition) is 2. The number of rotatable bonds is 3. The molecule has 100 valence electrons. The van der Waals surface area contributed by atoms with E-state index in [1.807, 2.05) is 0 Å². The average molecular weight is 258 g/mol. The first-order valence-electron chi connectivity index (χ1n) is 6.40. The summed E-state index contributed by atoms with van der Waals surface area (Å²) in [7, 11) is 0. The summed E-state index contributed by atoms with van der Waals surface area (Å²) in [6.07, 6.45) is 2.98. The van der Waals surface area contributed by atoms with Gasteiger partial charge in [-0.3, -0.25) is 4.79 Å². The zero-order valence-electron chi connectivity index (χ0n) is 11.2. The first-order valence-corrected chi connectivity index (χ1v) is 6.40. The van der Waals surface area contributed by atoms with E-state index in [-0.39, 0.29) is 24.0 Å². The number of amides is 1. The fourth-order valence-electron chi connectivity index (χ4n) is 1.84. The number of carbonyl (C=O) groups is 1. The van der Waals surface area contributed by atoms with Gasteiger partial charge < -0.3 is 10.4 Å². The Morgan fingerprint density at radius 3 is 3.00 bits per heavy atom. The zero-order chi connectivity index (χ0) is 13.9. The SMILES string of the molecule is CC1(C)CC1NC(=O)c1ncccc1C#CCCO. The van der Waals surface area contributed by atoms with Gasteiger partial charge in [0.05, 0.1) is 12.2 Å². The van der Waals surface area contributed by atoms with Crippen LogP contribution in [0.1, 0.15) is 42.7 Å². The van der Waals surface area contributed by atoms with Crippen LogP contribution in [0.25, 0.3) is 0 Å². The summed E-state index contributed by atoms with van der Waals surface area (Å²) >= 11 is 0. The van der Waals surface area contributed by atoms with Gasteiger partial charge in [-0.1, -0.05) is 25.7 Å². The summed E-state index contributed by atoms with van der Waals surface area (Å²) in [5.74, 6) is 5.51. The maximum Gasteiger partial charge on any atom is 0.271 e. The molecule has 1 aliphatic rings. The second-order valence-electron chi connectivity index (χ2n) is 5.39. The number of aromatic nitrogens is 1. The van der Waals surface area contributed by atoms with Gasteiger partial charge in [-0.15, -0.1) is 0 Å². The van der Waals surface area contributed by atoms with Gasteiger partial charge in [0.2, 0.25) is 0 Å². The van der Waals surface area contributed by atoms with Crippen LogP contribution in [-0.4, -0.2) is 28.6 Å². The second kappa shape index (κ2) is 5.41. The van der Waals surface area contributed by atoms with E-state index in [0.29, 0.717) is 17.7 Å². The Kier molecular flexibility index (Phi) is 3.87. The smallest absolute Gasteiger partial charge is 0.271 e. The standard InChI is InChI=1S/C15H18N2O2/c1-15(2)10-12(15)17-14(19)13-11(6-3-4-9-18)7-5-8-16-13/h5,7-8,12,18H,4,9-10H2,1-2H3,(H,17,19). The van der Waals surface area contributed by atoms with Crippen LogP contribution in [-0.2, 0) is 0 Å². The third-order valence-electron chi connectivity index (χ3n) is 3.30. The molecule has 1 aromatic rings. The third kappa shape index (κ3) is 3.33. The highest BCUT2D eigenvalue weighted by Crippen LogP contribution is 2.44. The molecule has 1 amide bonds. The molecule has 2 N–H and O–H groups in total. The molecule has 1 aliphatic carbocycles. The lowest BCUT2D eigenvalue weighted by Crippen LogP contribution is -2.29. The Balaban J connectivity index is 2.11. The van der Waals surface area contributed by atoms with Crippen molar-refractivity contribution in [2.75, 3.05) is 6.61 Å². The highest BCUT2D eigenvalue weighted by atomic mass is 16.2. The quantitative estimate of drug-likeness (QED) is 0.804. The van der Waals surface area contributed by atoms with E-state index in [1.54, 1.807) is 18.3 Å². The number of nitrogens with zero attached hydrogens (tertiary/aromatic N) is 1. The molecule has 0 radical (unpaired) electrons. The van der Waals surface area contributed by atoms with Crippen LogP contribution >= 0.6 is 0 Å². The highest BCUT2D eigenvalue weighted by molar-refractivity contribution is 5.95. The van der Waals surface area contributed by atoms with E-state index in [1.165, 1.54) is 0 Å². The first kappa shape index (κ1) is 13.6. The number of aliphatic hydroxyl groups excluding tert-OH is 1. The Bertz CT molecular complexity index is 541. The van der Waals surface area contributed by atoms with Gasteiger partial charge in [0, 0.05) is 18.7 Å². The summed E-state index contributed by atoms with van der Waals surface area (Å²) in [6, 6.07) is 3.74. The Morgan fingerprint density at radius 1 is 1.63 bits per heavy atom. The monoisotopic (exact) mass is 258 g/mol. The molecule has 0 saturated heterocycles. The molecule has 1 fully saturated rings. The van der Waals surface area contributed by atoms with E-state index in [0.717, 1.165) is 6.42 Å². The van der Waals surface area contributed by atoms with Crippen LogP contribution in [0.4, 0.5) is 0 Å². The van der Waals surface area contributed by atoms with Crippen molar-refractivity contribution in [1.82, 2.24) is 10.3 Å². The molecule has 1 saturated carbocycles. The van der Waals surface area contributed by atoms with Crippen LogP contribution in [0.3, 0.4) is 0 Å². The Morgan fingerprint density at radius 2 is 2.37 bits per heavy atom. The van der Waals surface area contributed by atoms with E-state index >= 15 is 0 Å². The maximum absolute atomic E-state index is 12.1. The lowest BCUT2D eigenvalue weighted by molar-refractivity contribution is 0.0941. The Hall–Kier alpha value is -1.86. The summed E-state index contributed by atoms with van der Waals surface area (Å²) in [5, 5.41) is 11.7. The van der Waals surface area contributed by atoms with Gasteiger partial charge in [0.1, 0.15) is 5.69 Å². The van der Waals surface area contributed by atoms with Crippen molar-refractivity contribution in [2.45, 2.75) is 32.7 Å². The summed E-state index contributed by atoms with van der Waals surface area (Å²) in [5.41, 5.74) is 1.15.